The maximum absolute atomic E-state index is 9.92. The van der Waals surface area contributed by atoms with Gasteiger partial charge in [0, 0.05) is 0 Å². The molecule has 0 fully saturated rings. The molecule has 0 amide bonds. The van der Waals surface area contributed by atoms with Crippen molar-refractivity contribution in [2.75, 3.05) is 0 Å². The summed E-state index contributed by atoms with van der Waals surface area (Å²) in [6, 6.07) is 0. The van der Waals surface area contributed by atoms with Gasteiger partial charge in [-0.3, -0.25) is 0 Å². The Balaban J connectivity index is 0. The van der Waals surface area contributed by atoms with Crippen molar-refractivity contribution in [3.63, 3.8) is 0 Å². The first kappa shape index (κ1) is 8.61. The average Bonchev–Trinajstić information content (AvgIpc) is 2.12. The molecule has 1 aromatic rings. The number of aromatic nitrogens is 3. The van der Waals surface area contributed by atoms with Gasteiger partial charge in [-0.05, 0) is 0 Å². The largest absolute Gasteiger partial charge is 1.00 e. The molecule has 6 heteroatoms. The van der Waals surface area contributed by atoms with Crippen molar-refractivity contribution in [1.29, 1.82) is 0 Å². The second-order valence-corrected chi connectivity index (χ2v) is 1.13. The predicted molar refractivity (Wildman–Crippen MR) is 24.6 cm³/mol. The van der Waals surface area contributed by atoms with E-state index in [1.165, 1.54) is 12.4 Å². The standard InChI is InChI=1S/C3H3N3O2.Na.H/c7-3(8)6-2-1-4-5-6;;/h1-2H,(H,7,8);;/q;+1;-1. The van der Waals surface area contributed by atoms with Crippen LogP contribution >= 0.6 is 0 Å². The quantitative estimate of drug-likeness (QED) is 0.385. The van der Waals surface area contributed by atoms with Gasteiger partial charge in [0.15, 0.2) is 0 Å². The van der Waals surface area contributed by atoms with Gasteiger partial charge in [0.1, 0.15) is 0 Å². The second-order valence-electron chi connectivity index (χ2n) is 1.13. The summed E-state index contributed by atoms with van der Waals surface area (Å²) >= 11 is 0. The molecular weight excluding hydrogens is 133 g/mol. The minimum Gasteiger partial charge on any atom is -1.00 e. The number of rotatable bonds is 0. The van der Waals surface area contributed by atoms with Gasteiger partial charge in [-0.1, -0.05) is 5.21 Å². The normalized spacial score (nSPS) is 8.00. The molecule has 0 bridgehead atoms. The van der Waals surface area contributed by atoms with Crippen LogP contribution in [0.25, 0.3) is 0 Å². The zero-order valence-corrected chi connectivity index (χ0v) is 6.85. The number of hydrogen-bond donors (Lipinski definition) is 1. The van der Waals surface area contributed by atoms with E-state index in [0.29, 0.717) is 0 Å². The van der Waals surface area contributed by atoms with Crippen LogP contribution in [-0.2, 0) is 0 Å². The molecule has 1 N–H and O–H groups in total. The molecule has 0 aliphatic carbocycles. The number of carboxylic acid groups (broad SMARTS) is 1. The fourth-order valence-electron chi connectivity index (χ4n) is 0.310. The zero-order valence-electron chi connectivity index (χ0n) is 5.85. The average molecular weight is 137 g/mol. The second kappa shape index (κ2) is 3.60. The Morgan fingerprint density at radius 2 is 2.44 bits per heavy atom. The Morgan fingerprint density at radius 1 is 1.78 bits per heavy atom. The van der Waals surface area contributed by atoms with E-state index in [1.54, 1.807) is 0 Å². The van der Waals surface area contributed by atoms with Gasteiger partial charge in [-0.2, -0.15) is 4.68 Å². The zero-order chi connectivity index (χ0) is 5.98. The third kappa shape index (κ3) is 2.13. The fourth-order valence-corrected chi connectivity index (χ4v) is 0.310. The number of nitrogens with zero attached hydrogens (tertiary/aromatic N) is 3. The third-order valence-electron chi connectivity index (χ3n) is 0.619. The van der Waals surface area contributed by atoms with Crippen molar-refractivity contribution in [1.82, 2.24) is 15.0 Å². The number of carbonyl (C=O) groups is 1. The van der Waals surface area contributed by atoms with Crippen molar-refractivity contribution in [3.05, 3.63) is 12.4 Å². The maximum atomic E-state index is 9.92. The smallest absolute Gasteiger partial charge is 1.00 e. The van der Waals surface area contributed by atoms with Crippen molar-refractivity contribution in [2.45, 2.75) is 0 Å². The molecule has 0 aromatic carbocycles. The molecule has 0 aliphatic rings. The SMILES string of the molecule is O=C(O)n1ccnn1.[H-].[Na+]. The number of hydrogen-bond acceptors (Lipinski definition) is 3. The molecule has 1 aromatic heterocycles. The first-order valence-electron chi connectivity index (χ1n) is 1.90. The van der Waals surface area contributed by atoms with Gasteiger partial charge in [0.05, 0.1) is 12.4 Å². The summed E-state index contributed by atoms with van der Waals surface area (Å²) in [5, 5.41) is 14.6. The Hall–Kier alpha value is -0.390. The van der Waals surface area contributed by atoms with Gasteiger partial charge in [0.25, 0.3) is 0 Å². The molecule has 44 valence electrons. The fraction of sp³-hybridized carbons (Fsp3) is 0. The van der Waals surface area contributed by atoms with Crippen molar-refractivity contribution < 1.29 is 40.9 Å². The Morgan fingerprint density at radius 3 is 2.67 bits per heavy atom. The van der Waals surface area contributed by atoms with Gasteiger partial charge in [0.2, 0.25) is 0 Å². The van der Waals surface area contributed by atoms with Crippen LogP contribution in [-0.4, -0.2) is 26.2 Å². The molecular formula is C3H4N3NaO2. The van der Waals surface area contributed by atoms with Gasteiger partial charge in [-0.25, -0.2) is 4.79 Å². The third-order valence-corrected chi connectivity index (χ3v) is 0.619. The predicted octanol–water partition coefficient (Wildman–Crippen LogP) is -3.08. The molecule has 0 unspecified atom stereocenters. The van der Waals surface area contributed by atoms with E-state index in [-0.39, 0.29) is 31.0 Å². The van der Waals surface area contributed by atoms with Crippen LogP contribution in [0.5, 0.6) is 0 Å². The van der Waals surface area contributed by atoms with Gasteiger partial charge >= 0.3 is 35.7 Å². The van der Waals surface area contributed by atoms with Crippen LogP contribution < -0.4 is 29.6 Å². The summed E-state index contributed by atoms with van der Waals surface area (Å²) in [4.78, 5) is 9.92. The van der Waals surface area contributed by atoms with Crippen molar-refractivity contribution in [3.8, 4) is 0 Å². The van der Waals surface area contributed by atoms with Crippen LogP contribution in [0.3, 0.4) is 0 Å². The molecule has 1 heterocycles. The molecule has 0 radical (unpaired) electrons. The Kier molecular flexibility index (Phi) is 3.44. The van der Waals surface area contributed by atoms with Crippen LogP contribution in [0.2, 0.25) is 0 Å². The summed E-state index contributed by atoms with van der Waals surface area (Å²) in [5.41, 5.74) is 0. The summed E-state index contributed by atoms with van der Waals surface area (Å²) in [6.45, 7) is 0. The van der Waals surface area contributed by atoms with Crippen molar-refractivity contribution >= 4 is 6.09 Å². The van der Waals surface area contributed by atoms with E-state index in [4.69, 9.17) is 5.11 Å². The molecule has 0 saturated heterocycles. The summed E-state index contributed by atoms with van der Waals surface area (Å²) < 4.78 is 0.722. The first-order valence-corrected chi connectivity index (χ1v) is 1.90. The maximum Gasteiger partial charge on any atom is 1.00 e. The van der Waals surface area contributed by atoms with Crippen molar-refractivity contribution in [2.24, 2.45) is 0 Å². The van der Waals surface area contributed by atoms with E-state index in [0.717, 1.165) is 4.68 Å². The van der Waals surface area contributed by atoms with Crippen LogP contribution in [0.15, 0.2) is 12.4 Å². The monoisotopic (exact) mass is 137 g/mol. The van der Waals surface area contributed by atoms with E-state index in [1.807, 2.05) is 0 Å². The molecule has 0 saturated carbocycles. The molecule has 9 heavy (non-hydrogen) atoms. The Bertz CT molecular complexity index is 190. The van der Waals surface area contributed by atoms with Crippen LogP contribution in [0, 0.1) is 0 Å². The minimum absolute atomic E-state index is 0. The Labute approximate surface area is 74.4 Å². The van der Waals surface area contributed by atoms with Gasteiger partial charge in [-0.15, -0.1) is 5.10 Å². The van der Waals surface area contributed by atoms with Crippen LogP contribution in [0.1, 0.15) is 1.43 Å². The molecule has 0 spiro atoms. The van der Waals surface area contributed by atoms with E-state index in [2.05, 4.69) is 10.3 Å². The van der Waals surface area contributed by atoms with E-state index in [9.17, 15) is 4.79 Å². The van der Waals surface area contributed by atoms with E-state index < -0.39 is 6.09 Å². The summed E-state index contributed by atoms with van der Waals surface area (Å²) in [6.07, 6.45) is 1.43. The molecule has 0 aliphatic heterocycles. The van der Waals surface area contributed by atoms with E-state index >= 15 is 0 Å². The molecule has 1 rings (SSSR count). The van der Waals surface area contributed by atoms with Gasteiger partial charge < -0.3 is 6.53 Å². The minimum atomic E-state index is -1.12. The topological polar surface area (TPSA) is 68.0 Å². The summed E-state index contributed by atoms with van der Waals surface area (Å²) in [7, 11) is 0. The van der Waals surface area contributed by atoms with Crippen LogP contribution in [0.4, 0.5) is 4.79 Å². The summed E-state index contributed by atoms with van der Waals surface area (Å²) in [5.74, 6) is 0. The first-order chi connectivity index (χ1) is 3.80. The molecule has 5 nitrogen and oxygen atoms in total. The molecule has 0 atom stereocenters.